The minimum Gasteiger partial charge on any atom is -0.492 e. The summed E-state index contributed by atoms with van der Waals surface area (Å²) < 4.78 is 7.76. The van der Waals surface area contributed by atoms with E-state index < -0.39 is 0 Å². The fourth-order valence-corrected chi connectivity index (χ4v) is 4.24. The number of thiophene rings is 1. The zero-order valence-electron chi connectivity index (χ0n) is 11.5. The van der Waals surface area contributed by atoms with Gasteiger partial charge in [0.2, 0.25) is 0 Å². The van der Waals surface area contributed by atoms with Crippen LogP contribution in [0.2, 0.25) is 0 Å². The summed E-state index contributed by atoms with van der Waals surface area (Å²) in [7, 11) is 0. The highest BCUT2D eigenvalue weighted by Crippen LogP contribution is 2.33. The highest BCUT2D eigenvalue weighted by molar-refractivity contribution is 9.11. The number of hydrogen-bond acceptors (Lipinski definition) is 3. The fourth-order valence-electron chi connectivity index (χ4n) is 1.95. The minimum atomic E-state index is 0.664. The van der Waals surface area contributed by atoms with Gasteiger partial charge in [-0.3, -0.25) is 0 Å². The molecular formula is C15H17Br2NOS. The monoisotopic (exact) mass is 417 g/mol. The van der Waals surface area contributed by atoms with Gasteiger partial charge in [0.15, 0.2) is 0 Å². The van der Waals surface area contributed by atoms with Crippen LogP contribution in [0.1, 0.15) is 23.6 Å². The zero-order valence-corrected chi connectivity index (χ0v) is 15.5. The molecule has 1 aromatic carbocycles. The first-order valence-electron chi connectivity index (χ1n) is 6.45. The highest BCUT2D eigenvalue weighted by atomic mass is 79.9. The van der Waals surface area contributed by atoms with Gasteiger partial charge in [0.25, 0.3) is 0 Å². The third kappa shape index (κ3) is 4.07. The zero-order chi connectivity index (χ0) is 14.5. The second kappa shape index (κ2) is 7.59. The molecular weight excluding hydrogens is 402 g/mol. The van der Waals surface area contributed by atoms with Crippen LogP contribution in [0.5, 0.6) is 5.75 Å². The van der Waals surface area contributed by atoms with E-state index in [1.54, 1.807) is 11.3 Å². The Morgan fingerprint density at radius 3 is 2.55 bits per heavy atom. The molecule has 5 heteroatoms. The lowest BCUT2D eigenvalue weighted by Gasteiger charge is -2.13. The molecule has 0 radical (unpaired) electrons. The number of nitrogens with one attached hydrogen (secondary N) is 1. The molecule has 0 bridgehead atoms. The summed E-state index contributed by atoms with van der Waals surface area (Å²) >= 11 is 8.84. The lowest BCUT2D eigenvalue weighted by molar-refractivity contribution is 0.333. The van der Waals surface area contributed by atoms with Crippen LogP contribution in [0, 0.1) is 6.92 Å². The first-order chi connectivity index (χ1) is 9.61. The molecule has 0 atom stereocenters. The molecule has 0 fully saturated rings. The second-order valence-electron chi connectivity index (χ2n) is 4.49. The Balaban J connectivity index is 2.06. The molecule has 0 aliphatic carbocycles. The standard InChI is InChI=1S/C15H17Br2NOS/c1-3-19-15-11(4-13(16)5-14(15)17)6-18-7-12-9-20-8-10(12)2/h4-5,8-9,18H,3,6-7H2,1-2H3. The summed E-state index contributed by atoms with van der Waals surface area (Å²) in [5, 5.41) is 7.86. The van der Waals surface area contributed by atoms with E-state index in [1.165, 1.54) is 11.1 Å². The molecule has 0 aliphatic heterocycles. The molecule has 0 saturated heterocycles. The van der Waals surface area contributed by atoms with E-state index >= 15 is 0 Å². The molecule has 108 valence electrons. The van der Waals surface area contributed by atoms with Crippen LogP contribution in [0.4, 0.5) is 0 Å². The largest absolute Gasteiger partial charge is 0.492 e. The number of ether oxygens (including phenoxy) is 1. The van der Waals surface area contributed by atoms with Crippen LogP contribution in [0.15, 0.2) is 31.8 Å². The maximum absolute atomic E-state index is 5.73. The predicted octanol–water partition coefficient (Wildman–Crippen LogP) is 5.27. The minimum absolute atomic E-state index is 0.664. The maximum Gasteiger partial charge on any atom is 0.138 e. The number of aryl methyl sites for hydroxylation is 1. The van der Waals surface area contributed by atoms with Gasteiger partial charge in [-0.2, -0.15) is 11.3 Å². The van der Waals surface area contributed by atoms with Crippen molar-refractivity contribution >= 4 is 43.2 Å². The molecule has 1 N–H and O–H groups in total. The van der Waals surface area contributed by atoms with Crippen LogP contribution in [-0.2, 0) is 13.1 Å². The Morgan fingerprint density at radius 2 is 1.90 bits per heavy atom. The Labute approximate surface area is 140 Å². The van der Waals surface area contributed by atoms with Gasteiger partial charge in [0.05, 0.1) is 11.1 Å². The summed E-state index contributed by atoms with van der Waals surface area (Å²) in [5.74, 6) is 0.922. The third-order valence-electron chi connectivity index (χ3n) is 2.97. The van der Waals surface area contributed by atoms with Crippen molar-refractivity contribution in [3.63, 3.8) is 0 Å². The molecule has 2 aromatic rings. The molecule has 0 unspecified atom stereocenters. The first kappa shape index (κ1) is 16.0. The molecule has 2 nitrogen and oxygen atoms in total. The molecule has 1 heterocycles. The average molecular weight is 419 g/mol. The number of benzene rings is 1. The van der Waals surface area contributed by atoms with E-state index in [-0.39, 0.29) is 0 Å². The molecule has 1 aromatic heterocycles. The number of rotatable bonds is 6. The summed E-state index contributed by atoms with van der Waals surface area (Å²) in [6.07, 6.45) is 0. The summed E-state index contributed by atoms with van der Waals surface area (Å²) in [6.45, 7) is 6.47. The average Bonchev–Trinajstić information content (AvgIpc) is 2.79. The van der Waals surface area contributed by atoms with E-state index in [2.05, 4.69) is 60.9 Å². The molecule has 0 aliphatic rings. The molecule has 2 rings (SSSR count). The predicted molar refractivity (Wildman–Crippen MR) is 92.6 cm³/mol. The molecule has 20 heavy (non-hydrogen) atoms. The number of halogens is 2. The van der Waals surface area contributed by atoms with Crippen molar-refractivity contribution < 1.29 is 4.74 Å². The lowest BCUT2D eigenvalue weighted by Crippen LogP contribution is -2.14. The van der Waals surface area contributed by atoms with Crippen molar-refractivity contribution in [3.8, 4) is 5.75 Å². The van der Waals surface area contributed by atoms with Crippen molar-refractivity contribution in [1.29, 1.82) is 0 Å². The van der Waals surface area contributed by atoms with Gasteiger partial charge in [-0.15, -0.1) is 0 Å². The van der Waals surface area contributed by atoms with Crippen molar-refractivity contribution in [2.24, 2.45) is 0 Å². The molecule has 0 spiro atoms. The van der Waals surface area contributed by atoms with Crippen LogP contribution in [-0.4, -0.2) is 6.61 Å². The van der Waals surface area contributed by atoms with E-state index in [0.717, 1.165) is 33.3 Å². The first-order valence-corrected chi connectivity index (χ1v) is 8.97. The molecule has 0 amide bonds. The van der Waals surface area contributed by atoms with Gasteiger partial charge in [0.1, 0.15) is 5.75 Å². The normalized spacial score (nSPS) is 10.8. The number of hydrogen-bond donors (Lipinski definition) is 1. The SMILES string of the molecule is CCOc1c(Br)cc(Br)cc1CNCc1cscc1C. The van der Waals surface area contributed by atoms with Crippen molar-refractivity contribution in [2.75, 3.05) is 6.61 Å². The van der Waals surface area contributed by atoms with Gasteiger partial charge < -0.3 is 10.1 Å². The molecule has 0 saturated carbocycles. The van der Waals surface area contributed by atoms with Crippen LogP contribution in [0.3, 0.4) is 0 Å². The van der Waals surface area contributed by atoms with Gasteiger partial charge in [-0.05, 0) is 63.8 Å². The Hall–Kier alpha value is -0.360. The quantitative estimate of drug-likeness (QED) is 0.689. The Bertz CT molecular complexity index is 583. The van der Waals surface area contributed by atoms with Gasteiger partial charge in [-0.25, -0.2) is 0 Å². The smallest absolute Gasteiger partial charge is 0.138 e. The fraction of sp³-hybridized carbons (Fsp3) is 0.333. The third-order valence-corrected chi connectivity index (χ3v) is 4.92. The maximum atomic E-state index is 5.73. The topological polar surface area (TPSA) is 21.3 Å². The van der Waals surface area contributed by atoms with E-state index in [9.17, 15) is 0 Å². The van der Waals surface area contributed by atoms with Crippen LogP contribution < -0.4 is 10.1 Å². The van der Waals surface area contributed by atoms with Crippen LogP contribution in [0.25, 0.3) is 0 Å². The second-order valence-corrected chi connectivity index (χ2v) is 7.01. The van der Waals surface area contributed by atoms with Crippen molar-refractivity contribution in [2.45, 2.75) is 26.9 Å². The summed E-state index contributed by atoms with van der Waals surface area (Å²) in [5.41, 5.74) is 3.87. The summed E-state index contributed by atoms with van der Waals surface area (Å²) in [4.78, 5) is 0. The van der Waals surface area contributed by atoms with E-state index in [4.69, 9.17) is 4.74 Å². The van der Waals surface area contributed by atoms with Gasteiger partial charge in [0, 0.05) is 23.1 Å². The van der Waals surface area contributed by atoms with E-state index in [1.807, 2.05) is 13.0 Å². The highest BCUT2D eigenvalue weighted by Gasteiger charge is 2.10. The summed E-state index contributed by atoms with van der Waals surface area (Å²) in [6, 6.07) is 4.11. The van der Waals surface area contributed by atoms with Crippen LogP contribution >= 0.6 is 43.2 Å². The van der Waals surface area contributed by atoms with Crippen molar-refractivity contribution in [1.82, 2.24) is 5.32 Å². The lowest BCUT2D eigenvalue weighted by atomic mass is 10.2. The van der Waals surface area contributed by atoms with Gasteiger partial charge in [-0.1, -0.05) is 15.9 Å². The Morgan fingerprint density at radius 1 is 1.15 bits per heavy atom. The van der Waals surface area contributed by atoms with Gasteiger partial charge >= 0.3 is 0 Å². The Kier molecular flexibility index (Phi) is 6.08. The van der Waals surface area contributed by atoms with E-state index in [0.29, 0.717) is 6.61 Å². The van der Waals surface area contributed by atoms with Crippen molar-refractivity contribution in [3.05, 3.63) is 48.5 Å².